The van der Waals surface area contributed by atoms with Crippen LogP contribution < -0.4 is 0 Å². The first-order valence-corrected chi connectivity index (χ1v) is 9.38. The maximum atomic E-state index is 13.9. The summed E-state index contributed by atoms with van der Waals surface area (Å²) in [6, 6.07) is 8.88. The molecule has 4 rings (SSSR count). The van der Waals surface area contributed by atoms with Gasteiger partial charge in [0.1, 0.15) is 23.7 Å². The van der Waals surface area contributed by atoms with Crippen LogP contribution in [0.4, 0.5) is 4.39 Å². The van der Waals surface area contributed by atoms with E-state index in [1.807, 2.05) is 24.1 Å². The van der Waals surface area contributed by atoms with Gasteiger partial charge < -0.3 is 9.64 Å². The third-order valence-electron chi connectivity index (χ3n) is 5.07. The van der Waals surface area contributed by atoms with Crippen molar-refractivity contribution >= 4 is 11.4 Å². The van der Waals surface area contributed by atoms with Crippen LogP contribution in [-0.2, 0) is 9.53 Å². The molecule has 4 nitrogen and oxygen atoms in total. The van der Waals surface area contributed by atoms with Gasteiger partial charge in [0.05, 0.1) is 0 Å². The van der Waals surface area contributed by atoms with E-state index in [0.29, 0.717) is 23.4 Å². The van der Waals surface area contributed by atoms with Crippen LogP contribution >= 0.6 is 0 Å². The van der Waals surface area contributed by atoms with Gasteiger partial charge in [-0.15, -0.1) is 0 Å². The first-order valence-electron chi connectivity index (χ1n) is 9.38. The molecule has 138 valence electrons. The number of nitriles is 1. The highest BCUT2D eigenvalue weighted by molar-refractivity contribution is 5.98. The summed E-state index contributed by atoms with van der Waals surface area (Å²) in [4.78, 5) is 14.5. The van der Waals surface area contributed by atoms with Gasteiger partial charge in [0, 0.05) is 30.8 Å². The predicted molar refractivity (Wildman–Crippen MR) is 99.6 cm³/mol. The lowest BCUT2D eigenvalue weighted by molar-refractivity contribution is -0.127. The maximum Gasteiger partial charge on any atom is 0.169 e. The zero-order valence-electron chi connectivity index (χ0n) is 15.2. The quantitative estimate of drug-likeness (QED) is 0.789. The fourth-order valence-corrected chi connectivity index (χ4v) is 3.66. The van der Waals surface area contributed by atoms with Crippen LogP contribution in [0, 0.1) is 17.1 Å². The van der Waals surface area contributed by atoms with Crippen molar-refractivity contribution in [2.75, 3.05) is 6.61 Å². The first kappa shape index (κ1) is 17.7. The van der Waals surface area contributed by atoms with Gasteiger partial charge in [-0.1, -0.05) is 19.1 Å². The molecule has 1 saturated carbocycles. The van der Waals surface area contributed by atoms with Crippen molar-refractivity contribution < 1.29 is 13.9 Å². The summed E-state index contributed by atoms with van der Waals surface area (Å²) in [6.07, 6.45) is 6.23. The van der Waals surface area contributed by atoms with Crippen molar-refractivity contribution in [1.29, 1.82) is 5.26 Å². The van der Waals surface area contributed by atoms with E-state index in [4.69, 9.17) is 4.74 Å². The lowest BCUT2D eigenvalue weighted by Gasteiger charge is -2.33. The molecule has 1 atom stereocenters. The number of benzene rings is 1. The SMILES string of the molecule is CCCOC1C=C2C(=CN(C3CC3)C(C#N)=C2c2cccc(F)c2)CC1=O. The van der Waals surface area contributed by atoms with Crippen LogP contribution in [0.25, 0.3) is 5.57 Å². The Morgan fingerprint density at radius 2 is 2.19 bits per heavy atom. The number of carbonyl (C=O) groups excluding carboxylic acids is 1. The normalized spacial score (nSPS) is 22.2. The smallest absolute Gasteiger partial charge is 0.169 e. The molecule has 1 aromatic carbocycles. The molecular weight excluding hydrogens is 343 g/mol. The van der Waals surface area contributed by atoms with Gasteiger partial charge in [0.2, 0.25) is 0 Å². The number of ether oxygens (including phenoxy) is 1. The third-order valence-corrected chi connectivity index (χ3v) is 5.07. The molecule has 1 aromatic rings. The fourth-order valence-electron chi connectivity index (χ4n) is 3.66. The van der Waals surface area contributed by atoms with E-state index < -0.39 is 6.10 Å². The number of hydrogen-bond acceptors (Lipinski definition) is 4. The van der Waals surface area contributed by atoms with E-state index >= 15 is 0 Å². The Morgan fingerprint density at radius 3 is 2.85 bits per heavy atom. The first-order chi connectivity index (χ1) is 13.1. The van der Waals surface area contributed by atoms with E-state index in [1.165, 1.54) is 12.1 Å². The monoisotopic (exact) mass is 364 g/mol. The minimum atomic E-state index is -0.618. The standard InChI is InChI=1S/C22H21FN2O2/c1-2-8-27-21-11-18-15(10-20(21)26)13-25(17-6-7-17)19(12-24)22(18)14-4-3-5-16(23)9-14/h3-5,9,11,13,17,21H,2,6-8,10H2,1H3. The molecular formula is C22H21FN2O2. The van der Waals surface area contributed by atoms with Crippen LogP contribution in [0.3, 0.4) is 0 Å². The number of halogens is 1. The Morgan fingerprint density at radius 1 is 1.37 bits per heavy atom. The number of fused-ring (bicyclic) bond motifs is 1. The second-order valence-corrected chi connectivity index (χ2v) is 7.15. The molecule has 1 fully saturated rings. The highest BCUT2D eigenvalue weighted by Crippen LogP contribution is 2.44. The number of carbonyl (C=O) groups is 1. The fraction of sp³-hybridized carbons (Fsp3) is 0.364. The Balaban J connectivity index is 1.86. The van der Waals surface area contributed by atoms with Gasteiger partial charge in [0.15, 0.2) is 5.78 Å². The van der Waals surface area contributed by atoms with E-state index in [2.05, 4.69) is 6.07 Å². The van der Waals surface area contributed by atoms with Crippen molar-refractivity contribution in [3.8, 4) is 6.07 Å². The Kier molecular flexibility index (Phi) is 4.67. The van der Waals surface area contributed by atoms with Crippen LogP contribution in [0.1, 0.15) is 38.2 Å². The van der Waals surface area contributed by atoms with Gasteiger partial charge in [0.25, 0.3) is 0 Å². The lowest BCUT2D eigenvalue weighted by Crippen LogP contribution is -2.32. The largest absolute Gasteiger partial charge is 0.366 e. The summed E-state index contributed by atoms with van der Waals surface area (Å²) in [7, 11) is 0. The van der Waals surface area contributed by atoms with Crippen molar-refractivity contribution in [2.45, 2.75) is 44.8 Å². The van der Waals surface area contributed by atoms with Crippen LogP contribution in [-0.4, -0.2) is 29.4 Å². The average Bonchev–Trinajstić information content (AvgIpc) is 3.50. The van der Waals surface area contributed by atoms with Gasteiger partial charge in [-0.25, -0.2) is 4.39 Å². The molecule has 1 heterocycles. The van der Waals surface area contributed by atoms with Crippen LogP contribution in [0.2, 0.25) is 0 Å². The van der Waals surface area contributed by atoms with Gasteiger partial charge in [-0.05, 0) is 54.2 Å². The molecule has 27 heavy (non-hydrogen) atoms. The van der Waals surface area contributed by atoms with Crippen molar-refractivity contribution in [3.63, 3.8) is 0 Å². The minimum absolute atomic E-state index is 0.0215. The molecule has 2 aliphatic carbocycles. The van der Waals surface area contributed by atoms with Gasteiger partial charge >= 0.3 is 0 Å². The summed E-state index contributed by atoms with van der Waals surface area (Å²) >= 11 is 0. The Bertz CT molecular complexity index is 918. The highest BCUT2D eigenvalue weighted by Gasteiger charge is 2.38. The van der Waals surface area contributed by atoms with Gasteiger partial charge in [-0.2, -0.15) is 5.26 Å². The van der Waals surface area contributed by atoms with Gasteiger partial charge in [-0.3, -0.25) is 4.79 Å². The molecule has 0 amide bonds. The molecule has 0 saturated heterocycles. The summed E-state index contributed by atoms with van der Waals surface area (Å²) in [6.45, 7) is 2.49. The zero-order valence-corrected chi connectivity index (χ0v) is 15.2. The van der Waals surface area contributed by atoms with Crippen LogP contribution in [0.15, 0.2) is 53.4 Å². The topological polar surface area (TPSA) is 53.3 Å². The molecule has 1 unspecified atom stereocenters. The Hall–Kier alpha value is -2.71. The number of Topliss-reactive ketones (excluding diaryl/α,β-unsaturated/α-hetero) is 1. The number of hydrogen-bond donors (Lipinski definition) is 0. The predicted octanol–water partition coefficient (Wildman–Crippen LogP) is 4.12. The summed E-state index contributed by atoms with van der Waals surface area (Å²) in [5, 5.41) is 9.89. The highest BCUT2D eigenvalue weighted by atomic mass is 19.1. The maximum absolute atomic E-state index is 13.9. The minimum Gasteiger partial charge on any atom is -0.366 e. The second kappa shape index (κ2) is 7.13. The molecule has 0 N–H and O–H groups in total. The number of rotatable bonds is 5. The summed E-state index contributed by atoms with van der Waals surface area (Å²) < 4.78 is 19.6. The molecule has 5 heteroatoms. The van der Waals surface area contributed by atoms with E-state index in [-0.39, 0.29) is 24.1 Å². The third kappa shape index (κ3) is 3.33. The lowest BCUT2D eigenvalue weighted by atomic mass is 9.81. The molecule has 0 spiro atoms. The molecule has 0 bridgehead atoms. The molecule has 0 aromatic heterocycles. The number of allylic oxidation sites excluding steroid dienone is 4. The van der Waals surface area contributed by atoms with Crippen molar-refractivity contribution in [3.05, 3.63) is 64.8 Å². The number of ketones is 1. The van der Waals surface area contributed by atoms with E-state index in [9.17, 15) is 14.4 Å². The average molecular weight is 364 g/mol. The molecule has 1 aliphatic heterocycles. The summed E-state index contributed by atoms with van der Waals surface area (Å²) in [5.41, 5.74) is 3.55. The van der Waals surface area contributed by atoms with Crippen molar-refractivity contribution in [1.82, 2.24) is 4.90 Å². The molecule has 3 aliphatic rings. The molecule has 0 radical (unpaired) electrons. The van der Waals surface area contributed by atoms with E-state index in [1.54, 1.807) is 12.1 Å². The zero-order chi connectivity index (χ0) is 19.0. The van der Waals surface area contributed by atoms with E-state index in [0.717, 1.165) is 30.4 Å². The second-order valence-electron chi connectivity index (χ2n) is 7.15. The van der Waals surface area contributed by atoms with Crippen molar-refractivity contribution in [2.24, 2.45) is 0 Å². The number of nitrogens with zero attached hydrogens (tertiary/aromatic N) is 2. The summed E-state index contributed by atoms with van der Waals surface area (Å²) in [5.74, 6) is -0.328. The van der Waals surface area contributed by atoms with Crippen LogP contribution in [0.5, 0.6) is 0 Å². The Labute approximate surface area is 158 Å².